The number of rotatable bonds is 2. The number of nitrogens with two attached hydrogens (primary N) is 1. The third-order valence-corrected chi connectivity index (χ3v) is 7.00. The van der Waals surface area contributed by atoms with Gasteiger partial charge in [0.25, 0.3) is 5.91 Å². The Bertz CT molecular complexity index is 1360. The first kappa shape index (κ1) is 30.8. The summed E-state index contributed by atoms with van der Waals surface area (Å²) < 4.78 is 31.6. The lowest BCUT2D eigenvalue weighted by atomic mass is 9.55. The van der Waals surface area contributed by atoms with Gasteiger partial charge in [-0.1, -0.05) is 19.1 Å². The molecule has 0 heterocycles. The van der Waals surface area contributed by atoms with Crippen molar-refractivity contribution in [1.82, 2.24) is 4.90 Å². The maximum Gasteiger partial charge on any atom is 0.394 e. The number of aliphatic hydroxyl groups excluding tert-OH is 3. The molecule has 4 rings (SSSR count). The zero-order valence-electron chi connectivity index (χ0n) is 20.2. The molecule has 1 aromatic rings. The fourth-order valence-corrected chi connectivity index (χ4v) is 5.58. The summed E-state index contributed by atoms with van der Waals surface area (Å²) in [6, 6.07) is 3.17. The van der Waals surface area contributed by atoms with E-state index in [4.69, 9.17) is 23.3 Å². The molecule has 0 aliphatic heterocycles. The molecule has 0 fully saturated rings. The summed E-state index contributed by atoms with van der Waals surface area (Å²) in [5.74, 6) is -8.86. The Morgan fingerprint density at radius 1 is 1.11 bits per heavy atom. The van der Waals surface area contributed by atoms with E-state index in [0.717, 1.165) is 0 Å². The number of phenolic OH excluding ortho intramolecular Hbond substituents is 1. The summed E-state index contributed by atoms with van der Waals surface area (Å²) in [4.78, 5) is 39.8. The van der Waals surface area contributed by atoms with Crippen molar-refractivity contribution < 1.29 is 62.9 Å². The number of amides is 1. The zero-order valence-corrected chi connectivity index (χ0v) is 21.0. The quantitative estimate of drug-likeness (QED) is 0.146. The number of ketones is 2. The monoisotopic (exact) mass is 560 g/mol. The number of benzene rings is 1. The first-order chi connectivity index (χ1) is 16.9. The molecule has 0 spiro atoms. The largest absolute Gasteiger partial charge is 0.510 e. The van der Waals surface area contributed by atoms with Gasteiger partial charge in [0.1, 0.15) is 22.8 Å². The van der Waals surface area contributed by atoms with Gasteiger partial charge in [-0.15, -0.1) is 0 Å². The molecule has 0 radical (unpaired) electrons. The minimum atomic E-state index is -4.67. The van der Waals surface area contributed by atoms with Gasteiger partial charge < -0.3 is 36.7 Å². The van der Waals surface area contributed by atoms with Crippen molar-refractivity contribution in [3.05, 3.63) is 52.0 Å². The first-order valence-electron chi connectivity index (χ1n) is 10.7. The number of aliphatic hydroxyl groups is 4. The van der Waals surface area contributed by atoms with Gasteiger partial charge in [0.05, 0.1) is 23.6 Å². The van der Waals surface area contributed by atoms with Crippen molar-refractivity contribution in [3.8, 4) is 5.75 Å². The van der Waals surface area contributed by atoms with Crippen LogP contribution in [-0.2, 0) is 20.0 Å². The summed E-state index contributed by atoms with van der Waals surface area (Å²) >= 11 is 0. The van der Waals surface area contributed by atoms with E-state index in [-0.39, 0.29) is 16.8 Å². The second-order valence-corrected chi connectivity index (χ2v) is 10.1. The number of hydrogen-bond acceptors (Lipinski definition) is 11. The van der Waals surface area contributed by atoms with Crippen molar-refractivity contribution in [2.45, 2.75) is 30.6 Å². The topological polar surface area (TPSA) is 288 Å². The maximum absolute atomic E-state index is 13.3. The summed E-state index contributed by atoms with van der Waals surface area (Å²) in [7, 11) is -1.69. The molecule has 16 heteroatoms. The highest BCUT2D eigenvalue weighted by Crippen LogP contribution is 2.55. The molecular formula is C22H28N2O13S. The van der Waals surface area contributed by atoms with Crippen LogP contribution in [0.1, 0.15) is 28.8 Å². The molecule has 38 heavy (non-hydrogen) atoms. The van der Waals surface area contributed by atoms with Gasteiger partial charge in [-0.3, -0.25) is 28.4 Å². The van der Waals surface area contributed by atoms with Crippen LogP contribution in [-0.4, -0.2) is 103 Å². The Balaban J connectivity index is 0.000000774. The van der Waals surface area contributed by atoms with Crippen molar-refractivity contribution in [2.75, 3.05) is 14.1 Å². The number of nitrogens with zero attached hydrogens (tertiary/aromatic N) is 1. The van der Waals surface area contributed by atoms with E-state index in [0.29, 0.717) is 5.56 Å². The molecule has 1 amide bonds. The van der Waals surface area contributed by atoms with Crippen LogP contribution in [0.3, 0.4) is 0 Å². The van der Waals surface area contributed by atoms with E-state index >= 15 is 0 Å². The summed E-state index contributed by atoms with van der Waals surface area (Å²) in [6.07, 6.45) is -1.59. The fraction of sp³-hybridized carbons (Fsp3) is 0.409. The van der Waals surface area contributed by atoms with Crippen LogP contribution in [0.15, 0.2) is 40.9 Å². The molecule has 3 aliphatic carbocycles. The Morgan fingerprint density at radius 3 is 2.11 bits per heavy atom. The molecule has 0 bridgehead atoms. The van der Waals surface area contributed by atoms with Gasteiger partial charge in [-0.25, -0.2) is 0 Å². The highest BCUT2D eigenvalue weighted by Gasteiger charge is 2.67. The lowest BCUT2D eigenvalue weighted by Gasteiger charge is -2.53. The van der Waals surface area contributed by atoms with Crippen LogP contribution in [0, 0.1) is 11.8 Å². The van der Waals surface area contributed by atoms with Crippen LogP contribution in [0.5, 0.6) is 5.75 Å². The van der Waals surface area contributed by atoms with E-state index in [1.807, 2.05) is 0 Å². The predicted molar refractivity (Wildman–Crippen MR) is 128 cm³/mol. The minimum Gasteiger partial charge on any atom is -0.510 e. The Kier molecular flexibility index (Phi) is 8.17. The average molecular weight is 561 g/mol. The number of likely N-dealkylation sites (N-methyl/N-ethyl adjacent to an activating group) is 1. The number of aromatic hydroxyl groups is 1. The van der Waals surface area contributed by atoms with Gasteiger partial charge in [-0.05, 0) is 31.6 Å². The zero-order chi connectivity index (χ0) is 28.4. The molecule has 0 unspecified atom stereocenters. The number of phenols is 1. The normalized spacial score (nSPS) is 30.5. The molecule has 0 saturated carbocycles. The van der Waals surface area contributed by atoms with E-state index < -0.39 is 86.0 Å². The predicted octanol–water partition coefficient (Wildman–Crippen LogP) is -1.83. The molecule has 1 aromatic carbocycles. The number of fused-ring (bicyclic) bond motifs is 3. The van der Waals surface area contributed by atoms with Crippen LogP contribution in [0.2, 0.25) is 0 Å². The molecule has 11 N–H and O–H groups in total. The van der Waals surface area contributed by atoms with E-state index in [1.165, 1.54) is 25.1 Å². The fourth-order valence-electron chi connectivity index (χ4n) is 5.58. The summed E-state index contributed by atoms with van der Waals surface area (Å²) in [5, 5.41) is 55.0. The van der Waals surface area contributed by atoms with Crippen molar-refractivity contribution in [3.63, 3.8) is 0 Å². The summed E-state index contributed by atoms with van der Waals surface area (Å²) in [6.45, 7) is 1.68. The second-order valence-electron chi connectivity index (χ2n) is 9.24. The average Bonchev–Trinajstić information content (AvgIpc) is 2.74. The number of primary amides is 1. The van der Waals surface area contributed by atoms with Crippen molar-refractivity contribution >= 4 is 27.9 Å². The highest BCUT2D eigenvalue weighted by atomic mass is 32.3. The van der Waals surface area contributed by atoms with Gasteiger partial charge >= 0.3 is 10.4 Å². The van der Waals surface area contributed by atoms with Crippen LogP contribution in [0.4, 0.5) is 0 Å². The van der Waals surface area contributed by atoms with E-state index in [1.54, 1.807) is 19.1 Å². The Hall–Kier alpha value is -3.38. The molecule has 15 nitrogen and oxygen atoms in total. The van der Waals surface area contributed by atoms with E-state index in [9.17, 15) is 39.9 Å². The SMILES string of the molecule is C[C@H]1c2cccc(O)c2C(=O)C2=C(O)[C@]3(O)C(=O)C(C(N)=O)=C(O)[C@@H](N(C)C)[C@@H]3[C@@H](O)[C@@H]21.O.O=S(=O)(O)O. The maximum atomic E-state index is 13.3. The lowest BCUT2D eigenvalue weighted by Crippen LogP contribution is -2.68. The van der Waals surface area contributed by atoms with Crippen LogP contribution < -0.4 is 5.73 Å². The third kappa shape index (κ3) is 4.55. The Morgan fingerprint density at radius 2 is 1.63 bits per heavy atom. The molecular weight excluding hydrogens is 532 g/mol. The molecule has 210 valence electrons. The summed E-state index contributed by atoms with van der Waals surface area (Å²) in [5.41, 5.74) is 1.36. The smallest absolute Gasteiger partial charge is 0.394 e. The van der Waals surface area contributed by atoms with Crippen molar-refractivity contribution in [1.29, 1.82) is 0 Å². The van der Waals surface area contributed by atoms with Gasteiger partial charge in [0, 0.05) is 11.5 Å². The lowest BCUT2D eigenvalue weighted by molar-refractivity contribution is -0.162. The molecule has 0 saturated heterocycles. The van der Waals surface area contributed by atoms with Gasteiger partial charge in [0.2, 0.25) is 5.78 Å². The number of carbonyl (C=O) groups excluding carboxylic acids is 3. The van der Waals surface area contributed by atoms with Crippen LogP contribution >= 0.6 is 0 Å². The van der Waals surface area contributed by atoms with Gasteiger partial charge in [0.15, 0.2) is 11.4 Å². The standard InChI is InChI=1S/C22H24N2O8.H2O4S.H2O/c1-7-8-5-4-6-9(25)11(8)16(26)12-10(7)17(27)14-15(24(2)3)18(28)13(21(23)31)20(30)22(14,32)19(12)29;1-5(2,3)4;/h4-7,10,14-15,17,25,27-29,32H,1-3H3,(H2,23,31);(H2,1,2,3,4);1H2/t7-,10+,14+,15-,17-,22-;;/m0../s1. The number of hydrogen-bond donors (Lipinski definition) is 8. The van der Waals surface area contributed by atoms with Gasteiger partial charge in [-0.2, -0.15) is 8.42 Å². The first-order valence-corrected chi connectivity index (χ1v) is 12.1. The molecule has 0 aromatic heterocycles. The van der Waals surface area contributed by atoms with Crippen LogP contribution in [0.25, 0.3) is 0 Å². The Labute approximate surface area is 216 Å². The number of Topliss-reactive ketones (excluding diaryl/α,β-unsaturated/α-hetero) is 2. The minimum absolute atomic E-state index is 0. The second kappa shape index (κ2) is 10.1. The highest BCUT2D eigenvalue weighted by molar-refractivity contribution is 7.79. The van der Waals surface area contributed by atoms with Crippen molar-refractivity contribution in [2.24, 2.45) is 17.6 Å². The molecule has 6 atom stereocenters. The van der Waals surface area contributed by atoms with E-state index in [2.05, 4.69) is 0 Å². The third-order valence-electron chi connectivity index (χ3n) is 7.00. The number of carbonyl (C=O) groups is 3. The molecule has 3 aliphatic rings.